The number of ether oxygens (including phenoxy) is 1. The van der Waals surface area contributed by atoms with Gasteiger partial charge >= 0.3 is 13.6 Å². The van der Waals surface area contributed by atoms with E-state index in [1.807, 2.05) is 6.07 Å². The normalized spacial score (nSPS) is 13.7. The first-order valence-electron chi connectivity index (χ1n) is 6.18. The summed E-state index contributed by atoms with van der Waals surface area (Å²) in [5.41, 5.74) is -1.94. The lowest BCUT2D eigenvalue weighted by atomic mass is 10.2. The number of carbonyl (C=O) groups is 1. The molecule has 0 N–H and O–H groups in total. The molecular weight excluding hydrogens is 269 g/mol. The Balaban J connectivity index is 5.21. The van der Waals surface area contributed by atoms with E-state index in [4.69, 9.17) is 19.0 Å². The number of carbonyl (C=O) groups excluding carboxylic acids is 1. The molecular formula is C12H22NO5P. The van der Waals surface area contributed by atoms with E-state index in [-0.39, 0.29) is 19.6 Å². The minimum Gasteiger partial charge on any atom is -0.459 e. The Bertz CT molecular complexity index is 373. The topological polar surface area (TPSA) is 85.6 Å². The molecule has 0 rings (SSSR count). The zero-order valence-electron chi connectivity index (χ0n) is 12.1. The first-order valence-corrected chi connectivity index (χ1v) is 7.80. The molecule has 0 aliphatic rings. The third-order valence-electron chi connectivity index (χ3n) is 1.96. The van der Waals surface area contributed by atoms with Crippen LogP contribution in [-0.4, -0.2) is 30.4 Å². The van der Waals surface area contributed by atoms with Gasteiger partial charge in [0.15, 0.2) is 5.66 Å². The molecule has 0 bridgehead atoms. The van der Waals surface area contributed by atoms with Crippen LogP contribution in [0.15, 0.2) is 0 Å². The van der Waals surface area contributed by atoms with Crippen LogP contribution in [0.3, 0.4) is 0 Å². The molecule has 0 heterocycles. The van der Waals surface area contributed by atoms with Gasteiger partial charge in [-0.2, -0.15) is 5.26 Å². The summed E-state index contributed by atoms with van der Waals surface area (Å²) in [4.78, 5) is 12.0. The van der Waals surface area contributed by atoms with E-state index in [0.717, 1.165) is 0 Å². The molecule has 1 atom stereocenters. The summed E-state index contributed by atoms with van der Waals surface area (Å²) in [5, 5.41) is 8.79. The fourth-order valence-corrected chi connectivity index (χ4v) is 3.13. The molecule has 0 saturated heterocycles. The molecule has 0 radical (unpaired) electrons. The fourth-order valence-electron chi connectivity index (χ4n) is 1.36. The SMILES string of the molecule is CCOP(=O)(OCC)C(CC#N)C(=O)OC(C)(C)C. The van der Waals surface area contributed by atoms with Gasteiger partial charge in [0.1, 0.15) is 5.60 Å². The monoisotopic (exact) mass is 291 g/mol. The molecule has 0 saturated carbocycles. The van der Waals surface area contributed by atoms with Crippen LogP contribution in [0.1, 0.15) is 41.0 Å². The van der Waals surface area contributed by atoms with Crippen molar-refractivity contribution in [2.45, 2.75) is 52.3 Å². The van der Waals surface area contributed by atoms with Gasteiger partial charge in [0.05, 0.1) is 25.7 Å². The first kappa shape index (κ1) is 18.1. The van der Waals surface area contributed by atoms with Gasteiger partial charge in [-0.1, -0.05) is 0 Å². The van der Waals surface area contributed by atoms with E-state index >= 15 is 0 Å². The maximum atomic E-state index is 12.5. The van der Waals surface area contributed by atoms with Crippen molar-refractivity contribution in [3.05, 3.63) is 0 Å². The highest BCUT2D eigenvalue weighted by Gasteiger charge is 2.43. The molecule has 19 heavy (non-hydrogen) atoms. The standard InChI is InChI=1S/C12H22NO5P/c1-6-16-19(15,17-7-2)10(8-9-13)11(14)18-12(3,4)5/h10H,6-8H2,1-5H3. The van der Waals surface area contributed by atoms with Crippen molar-refractivity contribution >= 4 is 13.6 Å². The van der Waals surface area contributed by atoms with E-state index in [9.17, 15) is 9.36 Å². The van der Waals surface area contributed by atoms with Crippen molar-refractivity contribution < 1.29 is 23.1 Å². The number of nitrogens with zero attached hydrogens (tertiary/aromatic N) is 1. The van der Waals surface area contributed by atoms with Crippen LogP contribution in [0.25, 0.3) is 0 Å². The van der Waals surface area contributed by atoms with Crippen molar-refractivity contribution in [1.82, 2.24) is 0 Å². The zero-order valence-corrected chi connectivity index (χ0v) is 13.0. The molecule has 7 heteroatoms. The van der Waals surface area contributed by atoms with E-state index in [1.54, 1.807) is 34.6 Å². The summed E-state index contributed by atoms with van der Waals surface area (Å²) in [7, 11) is -3.69. The van der Waals surface area contributed by atoms with Crippen LogP contribution in [0.4, 0.5) is 0 Å². The quantitative estimate of drug-likeness (QED) is 0.529. The lowest BCUT2D eigenvalue weighted by molar-refractivity contribution is -0.154. The number of esters is 1. The van der Waals surface area contributed by atoms with Crippen molar-refractivity contribution in [3.8, 4) is 6.07 Å². The van der Waals surface area contributed by atoms with Gasteiger partial charge in [-0.15, -0.1) is 0 Å². The van der Waals surface area contributed by atoms with Crippen LogP contribution >= 0.6 is 7.60 Å². The maximum Gasteiger partial charge on any atom is 0.345 e. The Hall–Kier alpha value is -0.890. The van der Waals surface area contributed by atoms with Crippen LogP contribution in [0.5, 0.6) is 0 Å². The second-order valence-electron chi connectivity index (χ2n) is 4.79. The first-order chi connectivity index (χ1) is 8.70. The lowest BCUT2D eigenvalue weighted by Crippen LogP contribution is -2.32. The molecule has 0 aromatic carbocycles. The summed E-state index contributed by atoms with van der Waals surface area (Å²) in [5.74, 6) is -0.737. The van der Waals surface area contributed by atoms with Crippen LogP contribution in [-0.2, 0) is 23.1 Å². The van der Waals surface area contributed by atoms with Gasteiger partial charge in [0, 0.05) is 0 Å². The smallest absolute Gasteiger partial charge is 0.345 e. The predicted molar refractivity (Wildman–Crippen MR) is 70.7 cm³/mol. The van der Waals surface area contributed by atoms with Gasteiger partial charge in [-0.25, -0.2) is 0 Å². The third-order valence-corrected chi connectivity index (χ3v) is 4.36. The van der Waals surface area contributed by atoms with Crippen molar-refractivity contribution in [2.24, 2.45) is 0 Å². The zero-order chi connectivity index (χ0) is 15.1. The number of hydrogen-bond donors (Lipinski definition) is 0. The van der Waals surface area contributed by atoms with Crippen molar-refractivity contribution in [1.29, 1.82) is 5.26 Å². The van der Waals surface area contributed by atoms with Gasteiger partial charge in [-0.05, 0) is 34.6 Å². The lowest BCUT2D eigenvalue weighted by Gasteiger charge is -2.27. The van der Waals surface area contributed by atoms with Crippen LogP contribution in [0.2, 0.25) is 0 Å². The Labute approximate surface area is 114 Å². The van der Waals surface area contributed by atoms with Crippen LogP contribution < -0.4 is 0 Å². The molecule has 0 fully saturated rings. The molecule has 6 nitrogen and oxygen atoms in total. The van der Waals surface area contributed by atoms with E-state index in [1.165, 1.54) is 0 Å². The Kier molecular flexibility index (Phi) is 7.28. The third kappa shape index (κ3) is 6.20. The molecule has 0 aromatic rings. The number of rotatable bonds is 7. The minimum atomic E-state index is -3.69. The molecule has 0 amide bonds. The van der Waals surface area contributed by atoms with Gasteiger partial charge in [-0.3, -0.25) is 9.36 Å². The molecule has 0 spiro atoms. The average Bonchev–Trinajstić information content (AvgIpc) is 2.23. The van der Waals surface area contributed by atoms with E-state index < -0.39 is 24.8 Å². The highest BCUT2D eigenvalue weighted by Crippen LogP contribution is 2.54. The Morgan fingerprint density at radius 1 is 1.26 bits per heavy atom. The number of hydrogen-bond acceptors (Lipinski definition) is 6. The molecule has 1 unspecified atom stereocenters. The summed E-state index contributed by atoms with van der Waals surface area (Å²) in [6, 6.07) is 1.82. The van der Waals surface area contributed by atoms with E-state index in [0.29, 0.717) is 0 Å². The Morgan fingerprint density at radius 2 is 1.74 bits per heavy atom. The predicted octanol–water partition coefficient (Wildman–Crippen LogP) is 2.88. The fraction of sp³-hybridized carbons (Fsp3) is 0.833. The highest BCUT2D eigenvalue weighted by atomic mass is 31.2. The van der Waals surface area contributed by atoms with E-state index in [2.05, 4.69) is 0 Å². The molecule has 0 aliphatic heterocycles. The van der Waals surface area contributed by atoms with Crippen molar-refractivity contribution in [3.63, 3.8) is 0 Å². The van der Waals surface area contributed by atoms with Gasteiger partial charge in [0.25, 0.3) is 0 Å². The minimum absolute atomic E-state index is 0.127. The molecule has 0 aromatic heterocycles. The average molecular weight is 291 g/mol. The van der Waals surface area contributed by atoms with Gasteiger partial charge < -0.3 is 13.8 Å². The Morgan fingerprint density at radius 3 is 2.05 bits per heavy atom. The highest BCUT2D eigenvalue weighted by molar-refractivity contribution is 7.55. The summed E-state index contributed by atoms with van der Waals surface area (Å²) >= 11 is 0. The molecule has 110 valence electrons. The summed E-state index contributed by atoms with van der Waals surface area (Å²) in [6.07, 6.45) is -0.272. The number of nitriles is 1. The largest absolute Gasteiger partial charge is 0.459 e. The van der Waals surface area contributed by atoms with Crippen molar-refractivity contribution in [2.75, 3.05) is 13.2 Å². The second-order valence-corrected chi connectivity index (χ2v) is 7.01. The molecule has 0 aliphatic carbocycles. The second kappa shape index (κ2) is 7.64. The summed E-state index contributed by atoms with van der Waals surface area (Å²) < 4.78 is 27.9. The van der Waals surface area contributed by atoms with Gasteiger partial charge in [0.2, 0.25) is 0 Å². The maximum absolute atomic E-state index is 12.5. The summed E-state index contributed by atoms with van der Waals surface area (Å²) in [6.45, 7) is 8.63. The van der Waals surface area contributed by atoms with Crippen LogP contribution in [0, 0.1) is 11.3 Å².